The molecule has 1 atom stereocenters. The summed E-state index contributed by atoms with van der Waals surface area (Å²) in [7, 11) is 4.07. The molecule has 0 aliphatic heterocycles. The van der Waals surface area contributed by atoms with Crippen LogP contribution < -0.4 is 10.6 Å². The SMILES string of the molecule is CC(CN)N(C)c1nccc2ccn(C)c12. The first-order chi connectivity index (χ1) is 7.65. The van der Waals surface area contributed by atoms with Gasteiger partial charge in [-0.05, 0) is 19.1 Å². The summed E-state index contributed by atoms with van der Waals surface area (Å²) in [5.41, 5.74) is 6.85. The van der Waals surface area contributed by atoms with Crippen LogP contribution in [0.5, 0.6) is 0 Å². The van der Waals surface area contributed by atoms with Gasteiger partial charge in [0.15, 0.2) is 5.82 Å². The minimum atomic E-state index is 0.285. The molecule has 0 fully saturated rings. The first kappa shape index (κ1) is 11.0. The molecule has 2 aromatic rings. The van der Waals surface area contributed by atoms with E-state index in [1.807, 2.05) is 26.4 Å². The highest BCUT2D eigenvalue weighted by Crippen LogP contribution is 2.24. The minimum absolute atomic E-state index is 0.285. The third kappa shape index (κ3) is 1.65. The number of aryl methyl sites for hydroxylation is 1. The fourth-order valence-corrected chi connectivity index (χ4v) is 1.84. The van der Waals surface area contributed by atoms with Gasteiger partial charge in [-0.25, -0.2) is 4.98 Å². The molecule has 2 rings (SSSR count). The Morgan fingerprint density at radius 3 is 2.94 bits per heavy atom. The summed E-state index contributed by atoms with van der Waals surface area (Å²) < 4.78 is 2.09. The summed E-state index contributed by atoms with van der Waals surface area (Å²) >= 11 is 0. The predicted molar refractivity (Wildman–Crippen MR) is 67.6 cm³/mol. The number of likely N-dealkylation sites (N-methyl/N-ethyl adjacent to an activating group) is 1. The van der Waals surface area contributed by atoms with Crippen LogP contribution in [-0.2, 0) is 7.05 Å². The largest absolute Gasteiger partial charge is 0.354 e. The molecule has 0 saturated heterocycles. The second kappa shape index (κ2) is 4.14. The zero-order valence-electron chi connectivity index (χ0n) is 10.0. The molecule has 0 aliphatic rings. The first-order valence-electron chi connectivity index (χ1n) is 5.48. The molecule has 86 valence electrons. The molecule has 2 heterocycles. The number of hydrogen-bond donors (Lipinski definition) is 1. The Bertz CT molecular complexity index is 489. The molecule has 0 aliphatic carbocycles. The van der Waals surface area contributed by atoms with Gasteiger partial charge in [0.25, 0.3) is 0 Å². The van der Waals surface area contributed by atoms with Gasteiger partial charge < -0.3 is 15.2 Å². The van der Waals surface area contributed by atoms with E-state index in [1.54, 1.807) is 0 Å². The van der Waals surface area contributed by atoms with Crippen molar-refractivity contribution in [3.05, 3.63) is 24.5 Å². The molecule has 0 bridgehead atoms. The molecule has 2 aromatic heterocycles. The quantitative estimate of drug-likeness (QED) is 0.846. The number of nitrogens with two attached hydrogens (primary N) is 1. The third-order valence-electron chi connectivity index (χ3n) is 3.10. The normalized spacial score (nSPS) is 13.0. The molecule has 0 radical (unpaired) electrons. The minimum Gasteiger partial charge on any atom is -0.354 e. The monoisotopic (exact) mass is 218 g/mol. The lowest BCUT2D eigenvalue weighted by Gasteiger charge is -2.25. The first-order valence-corrected chi connectivity index (χ1v) is 5.48. The van der Waals surface area contributed by atoms with E-state index in [4.69, 9.17) is 5.73 Å². The Hall–Kier alpha value is -1.55. The van der Waals surface area contributed by atoms with Gasteiger partial charge in [0.05, 0.1) is 5.52 Å². The van der Waals surface area contributed by atoms with E-state index in [-0.39, 0.29) is 6.04 Å². The van der Waals surface area contributed by atoms with Crippen LogP contribution in [0.15, 0.2) is 24.5 Å². The van der Waals surface area contributed by atoms with Crippen molar-refractivity contribution >= 4 is 16.7 Å². The number of hydrogen-bond acceptors (Lipinski definition) is 3. The zero-order valence-corrected chi connectivity index (χ0v) is 10.0. The van der Waals surface area contributed by atoms with E-state index in [1.165, 1.54) is 5.39 Å². The van der Waals surface area contributed by atoms with Crippen LogP contribution in [0.25, 0.3) is 10.9 Å². The molecule has 2 N–H and O–H groups in total. The van der Waals surface area contributed by atoms with Crippen LogP contribution in [0.1, 0.15) is 6.92 Å². The van der Waals surface area contributed by atoms with Crippen LogP contribution in [0.4, 0.5) is 5.82 Å². The predicted octanol–water partition coefficient (Wildman–Crippen LogP) is 1.36. The summed E-state index contributed by atoms with van der Waals surface area (Å²) in [6, 6.07) is 4.41. The van der Waals surface area contributed by atoms with Crippen molar-refractivity contribution < 1.29 is 0 Å². The van der Waals surface area contributed by atoms with Gasteiger partial charge in [-0.15, -0.1) is 0 Å². The number of nitrogens with zero attached hydrogens (tertiary/aromatic N) is 3. The van der Waals surface area contributed by atoms with Gasteiger partial charge in [-0.2, -0.15) is 0 Å². The lowest BCUT2D eigenvalue weighted by Crippen LogP contribution is -2.36. The second-order valence-electron chi connectivity index (χ2n) is 4.19. The van der Waals surface area contributed by atoms with E-state index in [2.05, 4.69) is 33.6 Å². The maximum absolute atomic E-state index is 5.69. The number of aromatic nitrogens is 2. The van der Waals surface area contributed by atoms with Crippen molar-refractivity contribution in [3.8, 4) is 0 Å². The van der Waals surface area contributed by atoms with Crippen molar-refractivity contribution in [3.63, 3.8) is 0 Å². The molecular weight excluding hydrogens is 200 g/mol. The molecule has 0 saturated carbocycles. The standard InChI is InChI=1S/C12H18N4/c1-9(8-13)16(3)12-11-10(4-6-14-12)5-7-15(11)2/h4-7,9H,8,13H2,1-3H3. The van der Waals surface area contributed by atoms with E-state index in [9.17, 15) is 0 Å². The Kier molecular flexibility index (Phi) is 2.83. The van der Waals surface area contributed by atoms with Crippen molar-refractivity contribution in [2.24, 2.45) is 12.8 Å². The van der Waals surface area contributed by atoms with Gasteiger partial charge in [0.2, 0.25) is 0 Å². The number of fused-ring (bicyclic) bond motifs is 1. The molecule has 1 unspecified atom stereocenters. The molecule has 4 nitrogen and oxygen atoms in total. The summed E-state index contributed by atoms with van der Waals surface area (Å²) in [6.07, 6.45) is 3.90. The van der Waals surface area contributed by atoms with Crippen molar-refractivity contribution in [2.45, 2.75) is 13.0 Å². The molecule has 0 aromatic carbocycles. The molecule has 4 heteroatoms. The summed E-state index contributed by atoms with van der Waals surface area (Å²) in [4.78, 5) is 6.59. The topological polar surface area (TPSA) is 47.1 Å². The van der Waals surface area contributed by atoms with Gasteiger partial charge >= 0.3 is 0 Å². The van der Waals surface area contributed by atoms with E-state index < -0.39 is 0 Å². The fourth-order valence-electron chi connectivity index (χ4n) is 1.84. The Morgan fingerprint density at radius 1 is 1.50 bits per heavy atom. The zero-order chi connectivity index (χ0) is 11.7. The Labute approximate surface area is 95.7 Å². The van der Waals surface area contributed by atoms with Crippen LogP contribution >= 0.6 is 0 Å². The van der Waals surface area contributed by atoms with Crippen LogP contribution in [0.2, 0.25) is 0 Å². The summed E-state index contributed by atoms with van der Waals surface area (Å²) in [5, 5.41) is 1.21. The van der Waals surface area contributed by atoms with Crippen molar-refractivity contribution in [2.75, 3.05) is 18.5 Å². The highest BCUT2D eigenvalue weighted by molar-refractivity contribution is 5.89. The highest BCUT2D eigenvalue weighted by Gasteiger charge is 2.14. The number of rotatable bonds is 3. The molecular formula is C12H18N4. The van der Waals surface area contributed by atoms with Crippen LogP contribution in [-0.4, -0.2) is 29.2 Å². The van der Waals surface area contributed by atoms with Crippen LogP contribution in [0, 0.1) is 0 Å². The fraction of sp³-hybridized carbons (Fsp3) is 0.417. The van der Waals surface area contributed by atoms with Crippen molar-refractivity contribution in [1.29, 1.82) is 0 Å². The van der Waals surface area contributed by atoms with Gasteiger partial charge in [-0.3, -0.25) is 0 Å². The molecule has 0 spiro atoms. The molecule has 16 heavy (non-hydrogen) atoms. The lowest BCUT2D eigenvalue weighted by atomic mass is 10.2. The van der Waals surface area contributed by atoms with E-state index in [0.29, 0.717) is 6.54 Å². The number of pyridine rings is 1. The van der Waals surface area contributed by atoms with Gasteiger partial charge in [-0.1, -0.05) is 0 Å². The van der Waals surface area contributed by atoms with Gasteiger partial charge in [0.1, 0.15) is 0 Å². The maximum atomic E-state index is 5.69. The van der Waals surface area contributed by atoms with E-state index in [0.717, 1.165) is 11.3 Å². The summed E-state index contributed by atoms with van der Waals surface area (Å²) in [5.74, 6) is 0.989. The molecule has 0 amide bonds. The maximum Gasteiger partial charge on any atom is 0.153 e. The Balaban J connectivity index is 2.55. The summed E-state index contributed by atoms with van der Waals surface area (Å²) in [6.45, 7) is 2.72. The lowest BCUT2D eigenvalue weighted by molar-refractivity contribution is 0.688. The Morgan fingerprint density at radius 2 is 2.25 bits per heavy atom. The average Bonchev–Trinajstić information content (AvgIpc) is 2.69. The second-order valence-corrected chi connectivity index (χ2v) is 4.19. The number of anilines is 1. The third-order valence-corrected chi connectivity index (χ3v) is 3.10. The average molecular weight is 218 g/mol. The van der Waals surface area contributed by atoms with Gasteiger partial charge in [0, 0.05) is 44.5 Å². The highest BCUT2D eigenvalue weighted by atomic mass is 15.2. The van der Waals surface area contributed by atoms with Crippen molar-refractivity contribution in [1.82, 2.24) is 9.55 Å². The van der Waals surface area contributed by atoms with Crippen LogP contribution in [0.3, 0.4) is 0 Å². The van der Waals surface area contributed by atoms with E-state index >= 15 is 0 Å². The smallest absolute Gasteiger partial charge is 0.153 e.